The second kappa shape index (κ2) is 11.8. The average Bonchev–Trinajstić information content (AvgIpc) is 3.71. The molecule has 6 rings (SSSR count). The normalized spacial score (nSPS) is 15.5. The lowest BCUT2D eigenvalue weighted by atomic mass is 10.1. The van der Waals surface area contributed by atoms with Gasteiger partial charge in [-0.1, -0.05) is 11.2 Å². The lowest BCUT2D eigenvalue weighted by molar-refractivity contribution is 0.0398. The Morgan fingerprint density at radius 1 is 1.07 bits per heavy atom. The van der Waals surface area contributed by atoms with Gasteiger partial charge in [0.1, 0.15) is 30.1 Å². The van der Waals surface area contributed by atoms with Gasteiger partial charge in [-0.25, -0.2) is 19.9 Å². The van der Waals surface area contributed by atoms with Gasteiger partial charge in [-0.2, -0.15) is 0 Å². The molecule has 2 fully saturated rings. The predicted molar refractivity (Wildman–Crippen MR) is 150 cm³/mol. The number of benzene rings is 1. The third-order valence-electron chi connectivity index (χ3n) is 6.98. The van der Waals surface area contributed by atoms with E-state index in [1.807, 2.05) is 31.2 Å². The van der Waals surface area contributed by atoms with Crippen molar-refractivity contribution in [1.82, 2.24) is 30.0 Å². The molecule has 3 N–H and O–H groups in total. The summed E-state index contributed by atoms with van der Waals surface area (Å²) in [5.74, 6) is 2.16. The zero-order chi connectivity index (χ0) is 27.3. The summed E-state index contributed by atoms with van der Waals surface area (Å²) < 4.78 is 10.7. The molecule has 1 aliphatic heterocycles. The van der Waals surface area contributed by atoms with Crippen molar-refractivity contribution in [3.05, 3.63) is 66.2 Å². The molecule has 3 aromatic heterocycles. The molecule has 0 bridgehead atoms. The Morgan fingerprint density at radius 3 is 2.80 bits per heavy atom. The Hall–Kier alpha value is -4.42. The first-order chi connectivity index (χ1) is 19.6. The number of ether oxygens (including phenoxy) is 1. The van der Waals surface area contributed by atoms with Gasteiger partial charge < -0.3 is 25.2 Å². The minimum Gasteiger partial charge on any atom is -0.379 e. The lowest BCUT2D eigenvalue weighted by Crippen LogP contribution is -2.39. The van der Waals surface area contributed by atoms with Gasteiger partial charge in [-0.3, -0.25) is 9.69 Å². The highest BCUT2D eigenvalue weighted by Crippen LogP contribution is 2.40. The van der Waals surface area contributed by atoms with Gasteiger partial charge in [-0.15, -0.1) is 0 Å². The maximum absolute atomic E-state index is 12.8. The lowest BCUT2D eigenvalue weighted by Gasteiger charge is -2.26. The summed E-state index contributed by atoms with van der Waals surface area (Å²) in [4.78, 5) is 32.7. The molecule has 1 aromatic carbocycles. The quantitative estimate of drug-likeness (QED) is 0.269. The molecule has 40 heavy (non-hydrogen) atoms. The number of nitrogens with zero attached hydrogens (tertiary/aromatic N) is 6. The molecule has 0 unspecified atom stereocenters. The SMILES string of the molecule is Cc1ccc(NC(=O)c2cc(C3CC3)on2)cc1Nc1ncncc1-c1cc(NCCN2CCOCC2)ncn1. The summed E-state index contributed by atoms with van der Waals surface area (Å²) >= 11 is 0. The van der Waals surface area contributed by atoms with E-state index in [-0.39, 0.29) is 11.6 Å². The summed E-state index contributed by atoms with van der Waals surface area (Å²) in [6.07, 6.45) is 6.89. The zero-order valence-electron chi connectivity index (χ0n) is 22.3. The molecule has 1 aliphatic carbocycles. The number of anilines is 4. The van der Waals surface area contributed by atoms with Crippen LogP contribution in [-0.4, -0.2) is 75.3 Å². The van der Waals surface area contributed by atoms with Crippen LogP contribution >= 0.6 is 0 Å². The van der Waals surface area contributed by atoms with E-state index >= 15 is 0 Å². The monoisotopic (exact) mass is 541 g/mol. The van der Waals surface area contributed by atoms with Gasteiger partial charge in [0, 0.05) is 61.8 Å². The average molecular weight is 542 g/mol. The molecule has 1 amide bonds. The van der Waals surface area contributed by atoms with Crippen LogP contribution in [0.25, 0.3) is 11.3 Å². The highest BCUT2D eigenvalue weighted by molar-refractivity contribution is 6.03. The molecule has 0 radical (unpaired) electrons. The molecule has 0 atom stereocenters. The third-order valence-corrected chi connectivity index (χ3v) is 6.98. The fraction of sp³-hybridized carbons (Fsp3) is 0.357. The summed E-state index contributed by atoms with van der Waals surface area (Å²) in [6.45, 7) is 7.10. The molecule has 4 aromatic rings. The highest BCUT2D eigenvalue weighted by Gasteiger charge is 2.29. The number of aromatic nitrogens is 5. The summed E-state index contributed by atoms with van der Waals surface area (Å²) in [5, 5.41) is 13.6. The number of morpholine rings is 1. The molecule has 0 spiro atoms. The second-order valence-corrected chi connectivity index (χ2v) is 9.95. The van der Waals surface area contributed by atoms with Crippen molar-refractivity contribution in [2.45, 2.75) is 25.7 Å². The number of hydrogen-bond donors (Lipinski definition) is 3. The highest BCUT2D eigenvalue weighted by atomic mass is 16.5. The summed E-state index contributed by atoms with van der Waals surface area (Å²) in [5.41, 5.74) is 4.08. The topological polar surface area (TPSA) is 143 Å². The number of aryl methyl sites for hydroxylation is 1. The van der Waals surface area contributed by atoms with Crippen molar-refractivity contribution < 1.29 is 14.1 Å². The molecule has 206 valence electrons. The van der Waals surface area contributed by atoms with Crippen LogP contribution in [0.5, 0.6) is 0 Å². The Morgan fingerprint density at radius 2 is 1.95 bits per heavy atom. The third kappa shape index (κ3) is 6.24. The van der Waals surface area contributed by atoms with Crippen LogP contribution in [0.3, 0.4) is 0 Å². The Labute approximate surface area is 231 Å². The van der Waals surface area contributed by atoms with Gasteiger partial charge in [-0.05, 0) is 37.5 Å². The maximum atomic E-state index is 12.8. The first-order valence-corrected chi connectivity index (χ1v) is 13.4. The predicted octanol–water partition coefficient (Wildman–Crippen LogP) is 3.85. The fourth-order valence-corrected chi connectivity index (χ4v) is 4.50. The first kappa shape index (κ1) is 25.8. The van der Waals surface area contributed by atoms with Crippen LogP contribution in [0.2, 0.25) is 0 Å². The number of amides is 1. The van der Waals surface area contributed by atoms with Gasteiger partial charge in [0.15, 0.2) is 5.69 Å². The Kier molecular flexibility index (Phi) is 7.60. The van der Waals surface area contributed by atoms with E-state index < -0.39 is 0 Å². The van der Waals surface area contributed by atoms with Crippen molar-refractivity contribution in [3.63, 3.8) is 0 Å². The van der Waals surface area contributed by atoms with Crippen molar-refractivity contribution >= 4 is 28.9 Å². The van der Waals surface area contributed by atoms with Crippen LogP contribution < -0.4 is 16.0 Å². The van der Waals surface area contributed by atoms with E-state index in [1.54, 1.807) is 12.3 Å². The van der Waals surface area contributed by atoms with Gasteiger partial charge in [0.2, 0.25) is 0 Å². The summed E-state index contributed by atoms with van der Waals surface area (Å²) in [7, 11) is 0. The van der Waals surface area contributed by atoms with Crippen molar-refractivity contribution in [3.8, 4) is 11.3 Å². The van der Waals surface area contributed by atoms with Crippen molar-refractivity contribution in [2.75, 3.05) is 55.3 Å². The van der Waals surface area contributed by atoms with Crippen LogP contribution in [0.1, 0.15) is 40.6 Å². The molecule has 4 heterocycles. The summed E-state index contributed by atoms with van der Waals surface area (Å²) in [6, 6.07) is 9.25. The molecular weight excluding hydrogens is 510 g/mol. The molecular formula is C28H31N9O3. The fourth-order valence-electron chi connectivity index (χ4n) is 4.50. The second-order valence-electron chi connectivity index (χ2n) is 9.95. The Bertz CT molecular complexity index is 1480. The number of rotatable bonds is 10. The molecule has 12 nitrogen and oxygen atoms in total. The Balaban J connectivity index is 1.15. The number of nitrogens with one attached hydrogen (secondary N) is 3. The first-order valence-electron chi connectivity index (χ1n) is 13.4. The van der Waals surface area contributed by atoms with Crippen LogP contribution in [0, 0.1) is 6.92 Å². The molecule has 1 saturated carbocycles. The standard InChI is InChI=1S/C28H31N9O3/c1-18-2-5-20(34-28(38)24-13-25(40-36-24)19-3-4-19)12-22(18)35-27-21(15-29-16-33-27)23-14-26(32-17-31-23)30-6-7-37-8-10-39-11-9-37/h2,5,12-17,19H,3-4,6-11H2,1H3,(H,34,38)(H,29,33,35)(H,30,31,32). The van der Waals surface area contributed by atoms with Crippen molar-refractivity contribution in [2.24, 2.45) is 0 Å². The van der Waals surface area contributed by atoms with Gasteiger partial charge >= 0.3 is 0 Å². The minimum atomic E-state index is -0.317. The van der Waals surface area contributed by atoms with E-state index in [0.29, 0.717) is 23.1 Å². The largest absolute Gasteiger partial charge is 0.379 e. The smallest absolute Gasteiger partial charge is 0.277 e. The van der Waals surface area contributed by atoms with Crippen LogP contribution in [0.15, 0.2) is 53.7 Å². The van der Waals surface area contributed by atoms with Crippen LogP contribution in [-0.2, 0) is 4.74 Å². The van der Waals surface area contributed by atoms with Crippen molar-refractivity contribution in [1.29, 1.82) is 0 Å². The van der Waals surface area contributed by atoms with Crippen LogP contribution in [0.4, 0.5) is 23.0 Å². The number of hydrogen-bond acceptors (Lipinski definition) is 11. The number of carbonyl (C=O) groups excluding carboxylic acids is 1. The molecule has 1 saturated heterocycles. The maximum Gasteiger partial charge on any atom is 0.277 e. The van der Waals surface area contributed by atoms with E-state index in [0.717, 1.165) is 80.6 Å². The van der Waals surface area contributed by atoms with E-state index in [2.05, 4.69) is 45.9 Å². The molecule has 12 heteroatoms. The van der Waals surface area contributed by atoms with Gasteiger partial charge in [0.05, 0.1) is 24.5 Å². The van der Waals surface area contributed by atoms with Gasteiger partial charge in [0.25, 0.3) is 5.91 Å². The van der Waals surface area contributed by atoms with E-state index in [4.69, 9.17) is 9.26 Å². The van der Waals surface area contributed by atoms with E-state index in [9.17, 15) is 4.79 Å². The minimum absolute atomic E-state index is 0.271. The molecule has 2 aliphatic rings. The number of carbonyl (C=O) groups is 1. The van der Waals surface area contributed by atoms with E-state index in [1.165, 1.54) is 12.7 Å². The zero-order valence-corrected chi connectivity index (χ0v) is 22.3.